The molecule has 3 atom stereocenters. The average molecular weight is 152 g/mol. The molecule has 0 spiro atoms. The molecule has 0 unspecified atom stereocenters. The normalized spacial score (nSPS) is 41.8. The first-order valence-electron chi connectivity index (χ1n) is 4.13. The predicted octanol–water partition coefficient (Wildman–Crippen LogP) is 1.51. The lowest BCUT2D eigenvalue weighted by atomic mass is 9.94. The summed E-state index contributed by atoms with van der Waals surface area (Å²) in [6, 6.07) is 0. The Morgan fingerprint density at radius 2 is 2.36 bits per heavy atom. The minimum Gasteiger partial charge on any atom is -0.462 e. The number of carbonyl (C=O) groups is 1. The van der Waals surface area contributed by atoms with Gasteiger partial charge in [-0.3, -0.25) is 4.79 Å². The van der Waals surface area contributed by atoms with Crippen LogP contribution >= 0.6 is 0 Å². The first-order chi connectivity index (χ1) is 5.31. The van der Waals surface area contributed by atoms with Gasteiger partial charge in [0, 0.05) is 5.92 Å². The molecule has 2 fully saturated rings. The molecule has 1 saturated heterocycles. The molecule has 0 N–H and O–H groups in total. The quantitative estimate of drug-likeness (QED) is 0.420. The Kier molecular flexibility index (Phi) is 1.48. The SMILES string of the molecule is C=C[C@H]1CC[C@H]2OC(=O)C[C@@H]12. The molecule has 0 amide bonds. The molecule has 0 radical (unpaired) electrons. The van der Waals surface area contributed by atoms with E-state index >= 15 is 0 Å². The number of hydrogen-bond acceptors (Lipinski definition) is 2. The highest BCUT2D eigenvalue weighted by atomic mass is 16.5. The Labute approximate surface area is 66.2 Å². The summed E-state index contributed by atoms with van der Waals surface area (Å²) in [5.41, 5.74) is 0. The highest BCUT2D eigenvalue weighted by Gasteiger charge is 2.43. The Balaban J connectivity index is 2.12. The van der Waals surface area contributed by atoms with Gasteiger partial charge < -0.3 is 4.74 Å². The van der Waals surface area contributed by atoms with Crippen LogP contribution in [0.2, 0.25) is 0 Å². The molecular weight excluding hydrogens is 140 g/mol. The van der Waals surface area contributed by atoms with Crippen LogP contribution in [0.1, 0.15) is 19.3 Å². The van der Waals surface area contributed by atoms with Crippen LogP contribution in [0.5, 0.6) is 0 Å². The predicted molar refractivity (Wildman–Crippen MR) is 40.9 cm³/mol. The number of esters is 1. The van der Waals surface area contributed by atoms with E-state index in [1.165, 1.54) is 0 Å². The summed E-state index contributed by atoms with van der Waals surface area (Å²) in [7, 11) is 0. The van der Waals surface area contributed by atoms with E-state index < -0.39 is 0 Å². The zero-order valence-corrected chi connectivity index (χ0v) is 6.45. The third-order valence-electron chi connectivity index (χ3n) is 2.80. The highest BCUT2D eigenvalue weighted by molar-refractivity contribution is 5.72. The van der Waals surface area contributed by atoms with E-state index in [4.69, 9.17) is 4.74 Å². The largest absolute Gasteiger partial charge is 0.462 e. The molecule has 0 aromatic heterocycles. The molecule has 1 aliphatic carbocycles. The Bertz CT molecular complexity index is 198. The topological polar surface area (TPSA) is 26.3 Å². The molecule has 2 aliphatic rings. The maximum Gasteiger partial charge on any atom is 0.306 e. The van der Waals surface area contributed by atoms with Gasteiger partial charge >= 0.3 is 5.97 Å². The molecule has 2 heteroatoms. The number of rotatable bonds is 1. The van der Waals surface area contributed by atoms with Crippen molar-refractivity contribution in [3.05, 3.63) is 12.7 Å². The van der Waals surface area contributed by atoms with Crippen LogP contribution < -0.4 is 0 Å². The first kappa shape index (κ1) is 6.89. The molecular formula is C9H12O2. The molecule has 0 bridgehead atoms. The van der Waals surface area contributed by atoms with Crippen LogP contribution in [0, 0.1) is 11.8 Å². The van der Waals surface area contributed by atoms with E-state index in [1.54, 1.807) is 0 Å². The van der Waals surface area contributed by atoms with Gasteiger partial charge in [0.2, 0.25) is 0 Å². The summed E-state index contributed by atoms with van der Waals surface area (Å²) in [5, 5.41) is 0. The number of hydrogen-bond donors (Lipinski definition) is 0. The lowest BCUT2D eigenvalue weighted by Crippen LogP contribution is -2.11. The summed E-state index contributed by atoms with van der Waals surface area (Å²) in [6.07, 6.45) is 4.97. The van der Waals surface area contributed by atoms with Gasteiger partial charge in [0.05, 0.1) is 6.42 Å². The number of fused-ring (bicyclic) bond motifs is 1. The monoisotopic (exact) mass is 152 g/mol. The first-order valence-corrected chi connectivity index (χ1v) is 4.13. The number of allylic oxidation sites excluding steroid dienone is 1. The van der Waals surface area contributed by atoms with Crippen molar-refractivity contribution < 1.29 is 9.53 Å². The summed E-state index contributed by atoms with van der Waals surface area (Å²) in [6.45, 7) is 3.76. The van der Waals surface area contributed by atoms with Gasteiger partial charge in [0.1, 0.15) is 6.10 Å². The van der Waals surface area contributed by atoms with E-state index in [0.29, 0.717) is 18.3 Å². The summed E-state index contributed by atoms with van der Waals surface area (Å²) in [5.74, 6) is 0.943. The van der Waals surface area contributed by atoms with E-state index in [1.807, 2.05) is 6.08 Å². The molecule has 1 saturated carbocycles. The maximum atomic E-state index is 10.9. The molecule has 1 aliphatic heterocycles. The molecule has 2 nitrogen and oxygen atoms in total. The van der Waals surface area contributed by atoms with Crippen molar-refractivity contribution in [2.75, 3.05) is 0 Å². The summed E-state index contributed by atoms with van der Waals surface area (Å²) in [4.78, 5) is 10.9. The minimum absolute atomic E-state index is 0.0217. The van der Waals surface area contributed by atoms with Crippen LogP contribution in [0.15, 0.2) is 12.7 Å². The summed E-state index contributed by atoms with van der Waals surface area (Å²) < 4.78 is 5.13. The lowest BCUT2D eigenvalue weighted by Gasteiger charge is -2.09. The van der Waals surface area contributed by atoms with Crippen molar-refractivity contribution in [1.29, 1.82) is 0 Å². The van der Waals surface area contributed by atoms with E-state index in [9.17, 15) is 4.79 Å². The minimum atomic E-state index is -0.0217. The molecule has 1 heterocycles. The van der Waals surface area contributed by atoms with Crippen LogP contribution in [-0.2, 0) is 9.53 Å². The van der Waals surface area contributed by atoms with Gasteiger partial charge in [-0.25, -0.2) is 0 Å². The van der Waals surface area contributed by atoms with E-state index in [0.717, 1.165) is 12.8 Å². The van der Waals surface area contributed by atoms with Crippen LogP contribution in [0.25, 0.3) is 0 Å². The van der Waals surface area contributed by atoms with Gasteiger partial charge in [-0.1, -0.05) is 6.08 Å². The molecule has 2 rings (SSSR count). The fourth-order valence-corrected chi connectivity index (χ4v) is 2.19. The molecule has 0 aromatic carbocycles. The second kappa shape index (κ2) is 2.36. The fourth-order valence-electron chi connectivity index (χ4n) is 2.19. The van der Waals surface area contributed by atoms with Gasteiger partial charge in [0.15, 0.2) is 0 Å². The standard InChI is InChI=1S/C9H12O2/c1-2-6-3-4-8-7(6)5-9(10)11-8/h2,6-8H,1,3-5H2/t6-,7-,8+/m0/s1. The Morgan fingerprint density at radius 3 is 3.09 bits per heavy atom. The van der Waals surface area contributed by atoms with Crippen molar-refractivity contribution in [2.24, 2.45) is 11.8 Å². The average Bonchev–Trinajstić information content (AvgIpc) is 2.45. The third-order valence-corrected chi connectivity index (χ3v) is 2.80. The van der Waals surface area contributed by atoms with Crippen molar-refractivity contribution in [1.82, 2.24) is 0 Å². The molecule has 60 valence electrons. The fraction of sp³-hybridized carbons (Fsp3) is 0.667. The number of ether oxygens (including phenoxy) is 1. The van der Waals surface area contributed by atoms with Crippen molar-refractivity contribution >= 4 is 5.97 Å². The molecule has 0 aromatic rings. The van der Waals surface area contributed by atoms with Gasteiger partial charge in [0.25, 0.3) is 0 Å². The zero-order valence-electron chi connectivity index (χ0n) is 6.45. The van der Waals surface area contributed by atoms with E-state index in [2.05, 4.69) is 6.58 Å². The van der Waals surface area contributed by atoms with Crippen molar-refractivity contribution in [3.8, 4) is 0 Å². The smallest absolute Gasteiger partial charge is 0.306 e. The van der Waals surface area contributed by atoms with Gasteiger partial charge in [-0.05, 0) is 18.8 Å². The van der Waals surface area contributed by atoms with Crippen molar-refractivity contribution in [2.45, 2.75) is 25.4 Å². The third kappa shape index (κ3) is 0.971. The zero-order chi connectivity index (χ0) is 7.84. The molecule has 11 heavy (non-hydrogen) atoms. The Hall–Kier alpha value is -0.790. The lowest BCUT2D eigenvalue weighted by molar-refractivity contribution is -0.141. The van der Waals surface area contributed by atoms with Crippen LogP contribution in [-0.4, -0.2) is 12.1 Å². The second-order valence-corrected chi connectivity index (χ2v) is 3.37. The van der Waals surface area contributed by atoms with Crippen LogP contribution in [0.3, 0.4) is 0 Å². The number of carbonyl (C=O) groups excluding carboxylic acids is 1. The van der Waals surface area contributed by atoms with Crippen molar-refractivity contribution in [3.63, 3.8) is 0 Å². The summed E-state index contributed by atoms with van der Waals surface area (Å²) >= 11 is 0. The Morgan fingerprint density at radius 1 is 1.55 bits per heavy atom. The van der Waals surface area contributed by atoms with Gasteiger partial charge in [-0.15, -0.1) is 6.58 Å². The van der Waals surface area contributed by atoms with Gasteiger partial charge in [-0.2, -0.15) is 0 Å². The maximum absolute atomic E-state index is 10.9. The highest BCUT2D eigenvalue weighted by Crippen LogP contribution is 2.41. The van der Waals surface area contributed by atoms with E-state index in [-0.39, 0.29) is 12.1 Å². The second-order valence-electron chi connectivity index (χ2n) is 3.37. The van der Waals surface area contributed by atoms with Crippen LogP contribution in [0.4, 0.5) is 0 Å².